The molecule has 4 rings (SSSR count). The lowest BCUT2D eigenvalue weighted by molar-refractivity contribution is -0.143. The standard InChI is InChI=1S/C27H30F6N4O3/c1-16-6-8-37(9-7-16)23-5-4-19(14-22(23)24(38)34-15-21-3-2-10-40-21)35-25(39)36-20-12-17(26(28,29)30)11-18(13-20)27(31,32)33/h4-5,11-14,16,21H,2-3,6-10,15H2,1H3,(H,34,38)(H2,35,36,39)/t21-/m0/s1. The highest BCUT2D eigenvalue weighted by molar-refractivity contribution is 6.04. The van der Waals surface area contributed by atoms with E-state index in [4.69, 9.17) is 4.74 Å². The molecule has 2 saturated heterocycles. The first-order valence-corrected chi connectivity index (χ1v) is 13.0. The largest absolute Gasteiger partial charge is 0.416 e. The Balaban J connectivity index is 1.54. The maximum Gasteiger partial charge on any atom is 0.416 e. The quantitative estimate of drug-likeness (QED) is 0.345. The predicted octanol–water partition coefficient (Wildman–Crippen LogP) is 6.51. The van der Waals surface area contributed by atoms with Crippen molar-refractivity contribution < 1.29 is 40.7 Å². The molecule has 0 aromatic heterocycles. The molecule has 1 atom stereocenters. The fourth-order valence-electron chi connectivity index (χ4n) is 4.75. The number of carbonyl (C=O) groups excluding carboxylic acids is 2. The van der Waals surface area contributed by atoms with E-state index >= 15 is 0 Å². The number of anilines is 3. The SMILES string of the molecule is CC1CCN(c2ccc(NC(=O)Nc3cc(C(F)(F)F)cc(C(F)(F)F)c3)cc2C(=O)NC[C@@H]2CCCO2)CC1. The van der Waals surface area contributed by atoms with Crippen LogP contribution in [-0.4, -0.2) is 44.3 Å². The number of amides is 3. The van der Waals surface area contributed by atoms with Crippen LogP contribution < -0.4 is 20.9 Å². The first-order valence-electron chi connectivity index (χ1n) is 13.0. The van der Waals surface area contributed by atoms with E-state index in [2.05, 4.69) is 22.5 Å². The zero-order valence-electron chi connectivity index (χ0n) is 21.7. The fourth-order valence-corrected chi connectivity index (χ4v) is 4.75. The molecule has 0 unspecified atom stereocenters. The van der Waals surface area contributed by atoms with E-state index in [0.29, 0.717) is 36.9 Å². The number of nitrogens with zero attached hydrogens (tertiary/aromatic N) is 1. The molecule has 3 N–H and O–H groups in total. The van der Waals surface area contributed by atoms with Crippen LogP contribution in [0.5, 0.6) is 0 Å². The van der Waals surface area contributed by atoms with E-state index in [-0.39, 0.29) is 29.3 Å². The van der Waals surface area contributed by atoms with Crippen molar-refractivity contribution in [3.63, 3.8) is 0 Å². The summed E-state index contributed by atoms with van der Waals surface area (Å²) in [5.41, 5.74) is -2.71. The van der Waals surface area contributed by atoms with Gasteiger partial charge in [-0.25, -0.2) is 4.79 Å². The van der Waals surface area contributed by atoms with Gasteiger partial charge in [0.1, 0.15) is 0 Å². The van der Waals surface area contributed by atoms with Gasteiger partial charge in [-0.1, -0.05) is 6.92 Å². The minimum absolute atomic E-state index is 0.0232. The molecular formula is C27H30F6N4O3. The van der Waals surface area contributed by atoms with Crippen LogP contribution in [0.25, 0.3) is 0 Å². The molecule has 0 bridgehead atoms. The molecule has 13 heteroatoms. The van der Waals surface area contributed by atoms with Gasteiger partial charge in [-0.3, -0.25) is 4.79 Å². The molecule has 2 fully saturated rings. The van der Waals surface area contributed by atoms with Crippen LogP contribution in [0.2, 0.25) is 0 Å². The molecule has 2 aliphatic rings. The topological polar surface area (TPSA) is 82.7 Å². The van der Waals surface area contributed by atoms with Gasteiger partial charge in [0.25, 0.3) is 5.91 Å². The van der Waals surface area contributed by atoms with Gasteiger partial charge in [-0.05, 0) is 68.0 Å². The number of urea groups is 1. The van der Waals surface area contributed by atoms with Gasteiger partial charge in [-0.2, -0.15) is 26.3 Å². The van der Waals surface area contributed by atoms with Crippen LogP contribution >= 0.6 is 0 Å². The number of hydrogen-bond acceptors (Lipinski definition) is 4. The van der Waals surface area contributed by atoms with Gasteiger partial charge in [0.15, 0.2) is 0 Å². The monoisotopic (exact) mass is 572 g/mol. The number of hydrogen-bond donors (Lipinski definition) is 3. The number of carbonyl (C=O) groups is 2. The van der Waals surface area contributed by atoms with Gasteiger partial charge in [0.05, 0.1) is 22.8 Å². The minimum atomic E-state index is -5.05. The van der Waals surface area contributed by atoms with Crippen LogP contribution in [0, 0.1) is 5.92 Å². The average molecular weight is 573 g/mol. The van der Waals surface area contributed by atoms with Crippen molar-refractivity contribution in [2.75, 3.05) is 41.8 Å². The number of ether oxygens (including phenoxy) is 1. The second-order valence-electron chi connectivity index (χ2n) is 10.1. The van der Waals surface area contributed by atoms with Gasteiger partial charge < -0.3 is 25.6 Å². The van der Waals surface area contributed by atoms with Crippen LogP contribution in [0.3, 0.4) is 0 Å². The zero-order valence-corrected chi connectivity index (χ0v) is 21.7. The van der Waals surface area contributed by atoms with Gasteiger partial charge in [0.2, 0.25) is 0 Å². The van der Waals surface area contributed by atoms with Crippen LogP contribution in [0.4, 0.5) is 48.2 Å². The summed E-state index contributed by atoms with van der Waals surface area (Å²) in [5.74, 6) is 0.160. The van der Waals surface area contributed by atoms with Gasteiger partial charge >= 0.3 is 18.4 Å². The van der Waals surface area contributed by atoms with Crippen LogP contribution in [0.1, 0.15) is 54.1 Å². The zero-order chi connectivity index (χ0) is 29.1. The van der Waals surface area contributed by atoms with Crippen molar-refractivity contribution in [3.8, 4) is 0 Å². The van der Waals surface area contributed by atoms with E-state index < -0.39 is 35.2 Å². The highest BCUT2D eigenvalue weighted by Gasteiger charge is 2.37. The Morgan fingerprint density at radius 1 is 0.900 bits per heavy atom. The van der Waals surface area contributed by atoms with Crippen molar-refractivity contribution in [3.05, 3.63) is 53.1 Å². The third kappa shape index (κ3) is 7.58. The van der Waals surface area contributed by atoms with Crippen molar-refractivity contribution in [2.24, 2.45) is 5.92 Å². The summed E-state index contributed by atoms with van der Waals surface area (Å²) < 4.78 is 84.6. The first-order chi connectivity index (χ1) is 18.8. The van der Waals surface area contributed by atoms with E-state index in [1.165, 1.54) is 12.1 Å². The van der Waals surface area contributed by atoms with Crippen molar-refractivity contribution >= 4 is 29.0 Å². The Kier molecular flexibility index (Phi) is 8.81. The van der Waals surface area contributed by atoms with E-state index in [9.17, 15) is 35.9 Å². The van der Waals surface area contributed by atoms with E-state index in [0.717, 1.165) is 38.8 Å². The summed E-state index contributed by atoms with van der Waals surface area (Å²) in [6.07, 6.45) is -6.59. The average Bonchev–Trinajstić information content (AvgIpc) is 3.40. The maximum atomic E-state index is 13.2. The summed E-state index contributed by atoms with van der Waals surface area (Å²) in [5, 5.41) is 7.29. The Labute approximate surface area is 227 Å². The molecule has 3 amide bonds. The van der Waals surface area contributed by atoms with E-state index in [1.807, 2.05) is 5.32 Å². The number of piperidine rings is 1. The van der Waals surface area contributed by atoms with Crippen molar-refractivity contribution in [1.82, 2.24) is 5.32 Å². The molecule has 218 valence electrons. The van der Waals surface area contributed by atoms with Gasteiger partial charge in [0, 0.05) is 43.3 Å². The maximum absolute atomic E-state index is 13.2. The molecule has 0 saturated carbocycles. The highest BCUT2D eigenvalue weighted by Crippen LogP contribution is 2.37. The van der Waals surface area contributed by atoms with E-state index in [1.54, 1.807) is 6.07 Å². The molecule has 2 aliphatic heterocycles. The lowest BCUT2D eigenvalue weighted by Gasteiger charge is -2.33. The van der Waals surface area contributed by atoms with Crippen LogP contribution in [0.15, 0.2) is 36.4 Å². The molecule has 2 aromatic carbocycles. The Morgan fingerprint density at radius 3 is 2.10 bits per heavy atom. The molecule has 7 nitrogen and oxygen atoms in total. The first kappa shape index (κ1) is 29.5. The third-order valence-corrected chi connectivity index (χ3v) is 6.98. The Morgan fingerprint density at radius 2 is 1.52 bits per heavy atom. The third-order valence-electron chi connectivity index (χ3n) is 6.98. The Hall–Kier alpha value is -3.48. The second-order valence-corrected chi connectivity index (χ2v) is 10.1. The smallest absolute Gasteiger partial charge is 0.376 e. The molecule has 40 heavy (non-hydrogen) atoms. The summed E-state index contributed by atoms with van der Waals surface area (Å²) >= 11 is 0. The number of alkyl halides is 6. The number of rotatable bonds is 6. The summed E-state index contributed by atoms with van der Waals surface area (Å²) in [6.45, 7) is 4.56. The lowest BCUT2D eigenvalue weighted by atomic mass is 9.97. The summed E-state index contributed by atoms with van der Waals surface area (Å²) in [4.78, 5) is 27.9. The molecule has 2 aromatic rings. The van der Waals surface area contributed by atoms with Crippen molar-refractivity contribution in [2.45, 2.75) is 51.1 Å². The van der Waals surface area contributed by atoms with Crippen LogP contribution in [-0.2, 0) is 17.1 Å². The lowest BCUT2D eigenvalue weighted by Crippen LogP contribution is -2.36. The molecule has 0 aliphatic carbocycles. The van der Waals surface area contributed by atoms with Gasteiger partial charge in [-0.15, -0.1) is 0 Å². The number of halogens is 6. The summed E-state index contributed by atoms with van der Waals surface area (Å²) in [7, 11) is 0. The molecule has 2 heterocycles. The fraction of sp³-hybridized carbons (Fsp3) is 0.481. The van der Waals surface area contributed by atoms with Crippen molar-refractivity contribution in [1.29, 1.82) is 0 Å². The summed E-state index contributed by atoms with van der Waals surface area (Å²) in [6, 6.07) is 4.36. The number of benzene rings is 2. The highest BCUT2D eigenvalue weighted by atomic mass is 19.4. The molecular weight excluding hydrogens is 542 g/mol. The minimum Gasteiger partial charge on any atom is -0.376 e. The molecule has 0 radical (unpaired) electrons. The molecule has 0 spiro atoms. The number of nitrogens with one attached hydrogen (secondary N) is 3. The normalized spacial score (nSPS) is 18.5. The Bertz CT molecular complexity index is 1190. The second kappa shape index (κ2) is 11.9. The predicted molar refractivity (Wildman–Crippen MR) is 137 cm³/mol.